The first-order valence-corrected chi connectivity index (χ1v) is 5.69. The number of hydrogen-bond acceptors (Lipinski definition) is 3. The predicted octanol–water partition coefficient (Wildman–Crippen LogP) is -0.172. The van der Waals surface area contributed by atoms with Gasteiger partial charge in [0.05, 0.1) is 0 Å². The third-order valence-electron chi connectivity index (χ3n) is 3.06. The fraction of sp³-hybridized carbons (Fsp3) is 0.385. The summed E-state index contributed by atoms with van der Waals surface area (Å²) in [5.41, 5.74) is 1.15. The SMILES string of the molecule is O=C([O-])C1CC(=O)N(CCc2ccccc2)C1. The van der Waals surface area contributed by atoms with E-state index >= 15 is 0 Å². The number of amides is 1. The molecule has 1 fully saturated rings. The first-order chi connectivity index (χ1) is 8.16. The van der Waals surface area contributed by atoms with Crippen LogP contribution in [-0.2, 0) is 16.0 Å². The van der Waals surface area contributed by atoms with Crippen LogP contribution in [0.15, 0.2) is 30.3 Å². The number of aliphatic carboxylic acids is 1. The van der Waals surface area contributed by atoms with E-state index in [-0.39, 0.29) is 18.9 Å². The third-order valence-corrected chi connectivity index (χ3v) is 3.06. The van der Waals surface area contributed by atoms with Crippen LogP contribution in [0.5, 0.6) is 0 Å². The normalized spacial score (nSPS) is 19.6. The van der Waals surface area contributed by atoms with Crippen LogP contribution >= 0.6 is 0 Å². The summed E-state index contributed by atoms with van der Waals surface area (Å²) in [6.07, 6.45) is 0.837. The van der Waals surface area contributed by atoms with Gasteiger partial charge in [0.15, 0.2) is 0 Å². The number of hydrogen-bond donors (Lipinski definition) is 0. The van der Waals surface area contributed by atoms with Crippen molar-refractivity contribution < 1.29 is 14.7 Å². The van der Waals surface area contributed by atoms with E-state index in [0.717, 1.165) is 12.0 Å². The molecule has 4 nitrogen and oxygen atoms in total. The Morgan fingerprint density at radius 1 is 1.35 bits per heavy atom. The van der Waals surface area contributed by atoms with Crippen LogP contribution in [0.1, 0.15) is 12.0 Å². The van der Waals surface area contributed by atoms with Crippen molar-refractivity contribution in [3.63, 3.8) is 0 Å². The summed E-state index contributed by atoms with van der Waals surface area (Å²) in [5.74, 6) is -1.85. The first-order valence-electron chi connectivity index (χ1n) is 5.69. The average molecular weight is 232 g/mol. The minimum Gasteiger partial charge on any atom is -0.550 e. The Labute approximate surface area is 99.9 Å². The molecule has 1 saturated heterocycles. The molecule has 1 aliphatic rings. The van der Waals surface area contributed by atoms with E-state index in [1.807, 2.05) is 30.3 Å². The van der Waals surface area contributed by atoms with Crippen LogP contribution < -0.4 is 5.11 Å². The Morgan fingerprint density at radius 3 is 2.65 bits per heavy atom. The van der Waals surface area contributed by atoms with Gasteiger partial charge < -0.3 is 14.8 Å². The lowest BCUT2D eigenvalue weighted by molar-refractivity contribution is -0.311. The zero-order valence-corrected chi connectivity index (χ0v) is 9.46. The van der Waals surface area contributed by atoms with Gasteiger partial charge in [-0.15, -0.1) is 0 Å². The highest BCUT2D eigenvalue weighted by atomic mass is 16.4. The lowest BCUT2D eigenvalue weighted by atomic mass is 10.1. The molecule has 1 amide bonds. The number of nitrogens with zero attached hydrogens (tertiary/aromatic N) is 1. The Hall–Kier alpha value is -1.84. The molecule has 90 valence electrons. The second-order valence-electron chi connectivity index (χ2n) is 4.30. The number of carbonyl (C=O) groups is 2. The van der Waals surface area contributed by atoms with Crippen molar-refractivity contribution in [2.24, 2.45) is 5.92 Å². The summed E-state index contributed by atoms with van der Waals surface area (Å²) in [5, 5.41) is 10.7. The van der Waals surface area contributed by atoms with E-state index in [9.17, 15) is 14.7 Å². The van der Waals surface area contributed by atoms with Gasteiger partial charge in [0.25, 0.3) is 0 Å². The van der Waals surface area contributed by atoms with Crippen molar-refractivity contribution in [1.82, 2.24) is 4.90 Å². The molecule has 0 spiro atoms. The molecule has 0 aliphatic carbocycles. The molecular formula is C13H14NO3-. The number of rotatable bonds is 4. The average Bonchev–Trinajstić information content (AvgIpc) is 2.70. The van der Waals surface area contributed by atoms with E-state index in [1.54, 1.807) is 4.90 Å². The highest BCUT2D eigenvalue weighted by Gasteiger charge is 2.29. The van der Waals surface area contributed by atoms with Gasteiger partial charge in [0, 0.05) is 31.4 Å². The summed E-state index contributed by atoms with van der Waals surface area (Å²) in [4.78, 5) is 23.8. The number of benzene rings is 1. The molecule has 1 atom stereocenters. The minimum absolute atomic E-state index is 0.0805. The molecule has 1 heterocycles. The summed E-state index contributed by atoms with van der Waals surface area (Å²) in [7, 11) is 0. The van der Waals surface area contributed by atoms with Crippen LogP contribution in [0.3, 0.4) is 0 Å². The predicted molar refractivity (Wildman–Crippen MR) is 59.8 cm³/mol. The molecule has 2 rings (SSSR count). The summed E-state index contributed by atoms with van der Waals surface area (Å²) < 4.78 is 0. The van der Waals surface area contributed by atoms with Gasteiger partial charge in [0.2, 0.25) is 5.91 Å². The van der Waals surface area contributed by atoms with E-state index < -0.39 is 11.9 Å². The number of carbonyl (C=O) groups excluding carboxylic acids is 2. The Bertz CT molecular complexity index is 416. The maximum absolute atomic E-state index is 11.5. The largest absolute Gasteiger partial charge is 0.550 e. The fourth-order valence-electron chi connectivity index (χ4n) is 2.05. The van der Waals surface area contributed by atoms with Crippen LogP contribution in [0, 0.1) is 5.92 Å². The Morgan fingerprint density at radius 2 is 2.06 bits per heavy atom. The molecule has 0 aromatic heterocycles. The van der Waals surface area contributed by atoms with Crippen molar-refractivity contribution in [3.8, 4) is 0 Å². The molecule has 1 unspecified atom stereocenters. The van der Waals surface area contributed by atoms with E-state index in [2.05, 4.69) is 0 Å². The van der Waals surface area contributed by atoms with Crippen LogP contribution in [0.4, 0.5) is 0 Å². The topological polar surface area (TPSA) is 60.4 Å². The number of likely N-dealkylation sites (tertiary alicyclic amines) is 1. The van der Waals surface area contributed by atoms with Crippen molar-refractivity contribution >= 4 is 11.9 Å². The van der Waals surface area contributed by atoms with Crippen LogP contribution in [0.2, 0.25) is 0 Å². The summed E-state index contributed by atoms with van der Waals surface area (Å²) in [6.45, 7) is 0.862. The maximum Gasteiger partial charge on any atom is 0.223 e. The zero-order chi connectivity index (χ0) is 12.3. The first kappa shape index (κ1) is 11.6. The number of carboxylic acids is 1. The minimum atomic E-state index is -1.12. The highest BCUT2D eigenvalue weighted by Crippen LogP contribution is 2.17. The molecule has 4 heteroatoms. The smallest absolute Gasteiger partial charge is 0.223 e. The molecule has 1 aliphatic heterocycles. The van der Waals surface area contributed by atoms with Gasteiger partial charge in [-0.2, -0.15) is 0 Å². The van der Waals surface area contributed by atoms with Crippen LogP contribution in [0.25, 0.3) is 0 Å². The summed E-state index contributed by atoms with van der Waals surface area (Å²) in [6, 6.07) is 9.83. The quantitative estimate of drug-likeness (QED) is 0.724. The van der Waals surface area contributed by atoms with Crippen molar-refractivity contribution in [2.75, 3.05) is 13.1 Å². The fourth-order valence-corrected chi connectivity index (χ4v) is 2.05. The van der Waals surface area contributed by atoms with Gasteiger partial charge in [-0.1, -0.05) is 30.3 Å². The van der Waals surface area contributed by atoms with Crippen LogP contribution in [-0.4, -0.2) is 29.9 Å². The highest BCUT2D eigenvalue weighted by molar-refractivity contribution is 5.85. The van der Waals surface area contributed by atoms with Gasteiger partial charge in [-0.3, -0.25) is 4.79 Å². The van der Waals surface area contributed by atoms with Gasteiger partial charge in [0.1, 0.15) is 0 Å². The third kappa shape index (κ3) is 2.84. The van der Waals surface area contributed by atoms with Crippen molar-refractivity contribution in [2.45, 2.75) is 12.8 Å². The molecular weight excluding hydrogens is 218 g/mol. The summed E-state index contributed by atoms with van der Waals surface area (Å²) >= 11 is 0. The van der Waals surface area contributed by atoms with E-state index in [1.165, 1.54) is 0 Å². The Kier molecular flexibility index (Phi) is 3.42. The van der Waals surface area contributed by atoms with Gasteiger partial charge in [-0.05, 0) is 12.0 Å². The second-order valence-corrected chi connectivity index (χ2v) is 4.30. The van der Waals surface area contributed by atoms with E-state index in [0.29, 0.717) is 6.54 Å². The standard InChI is InChI=1S/C13H15NO3/c15-12-8-11(13(16)17)9-14(12)7-6-10-4-2-1-3-5-10/h1-5,11H,6-9H2,(H,16,17)/p-1. The number of carboxylic acid groups (broad SMARTS) is 1. The zero-order valence-electron chi connectivity index (χ0n) is 9.46. The molecule has 0 saturated carbocycles. The van der Waals surface area contributed by atoms with E-state index in [4.69, 9.17) is 0 Å². The molecule has 0 N–H and O–H groups in total. The lowest BCUT2D eigenvalue weighted by Gasteiger charge is -2.16. The van der Waals surface area contributed by atoms with Gasteiger partial charge in [-0.25, -0.2) is 0 Å². The van der Waals surface area contributed by atoms with Crippen molar-refractivity contribution in [1.29, 1.82) is 0 Å². The van der Waals surface area contributed by atoms with Gasteiger partial charge >= 0.3 is 0 Å². The lowest BCUT2D eigenvalue weighted by Crippen LogP contribution is -2.34. The van der Waals surface area contributed by atoms with Crippen molar-refractivity contribution in [3.05, 3.63) is 35.9 Å². The molecule has 17 heavy (non-hydrogen) atoms. The molecule has 0 radical (unpaired) electrons. The molecule has 0 bridgehead atoms. The molecule has 1 aromatic rings. The second kappa shape index (κ2) is 4.99. The molecule has 1 aromatic carbocycles. The monoisotopic (exact) mass is 232 g/mol. The maximum atomic E-state index is 11.5. The Balaban J connectivity index is 1.88.